The molecule has 26 heavy (non-hydrogen) atoms. The largest absolute Gasteiger partial charge is 0.385 e. The third-order valence-electron chi connectivity index (χ3n) is 4.56. The Morgan fingerprint density at radius 2 is 1.81 bits per heavy atom. The van der Waals surface area contributed by atoms with Gasteiger partial charge in [0.2, 0.25) is 0 Å². The molecule has 2 aromatic rings. The SMILES string of the molecule is COCCCNC(=O)c1ccc(C(=O)N2CCCc3ccccc32)cc1. The fraction of sp³-hybridized carbons (Fsp3) is 0.333. The van der Waals surface area contributed by atoms with E-state index in [1.807, 2.05) is 23.1 Å². The number of nitrogens with zero attached hydrogens (tertiary/aromatic N) is 1. The van der Waals surface area contributed by atoms with E-state index < -0.39 is 0 Å². The molecule has 0 unspecified atom stereocenters. The Morgan fingerprint density at radius 3 is 2.58 bits per heavy atom. The van der Waals surface area contributed by atoms with Crippen LogP contribution in [0.5, 0.6) is 0 Å². The summed E-state index contributed by atoms with van der Waals surface area (Å²) in [5.74, 6) is -0.160. The molecular weight excluding hydrogens is 328 g/mol. The molecule has 0 radical (unpaired) electrons. The molecule has 0 aromatic heterocycles. The Bertz CT molecular complexity index is 771. The average molecular weight is 352 g/mol. The smallest absolute Gasteiger partial charge is 0.258 e. The average Bonchev–Trinajstić information content (AvgIpc) is 2.70. The lowest BCUT2D eigenvalue weighted by molar-refractivity contribution is 0.0945. The van der Waals surface area contributed by atoms with Gasteiger partial charge in [-0.1, -0.05) is 18.2 Å². The highest BCUT2D eigenvalue weighted by Gasteiger charge is 2.23. The minimum Gasteiger partial charge on any atom is -0.385 e. The quantitative estimate of drug-likeness (QED) is 0.813. The number of hydrogen-bond donors (Lipinski definition) is 1. The number of fused-ring (bicyclic) bond motifs is 1. The molecule has 5 heteroatoms. The summed E-state index contributed by atoms with van der Waals surface area (Å²) in [5.41, 5.74) is 3.35. The van der Waals surface area contributed by atoms with Gasteiger partial charge in [0.25, 0.3) is 11.8 Å². The Morgan fingerprint density at radius 1 is 1.08 bits per heavy atom. The van der Waals surface area contributed by atoms with E-state index >= 15 is 0 Å². The number of hydrogen-bond acceptors (Lipinski definition) is 3. The third-order valence-corrected chi connectivity index (χ3v) is 4.56. The Balaban J connectivity index is 1.67. The van der Waals surface area contributed by atoms with Gasteiger partial charge in [-0.3, -0.25) is 9.59 Å². The van der Waals surface area contributed by atoms with Gasteiger partial charge >= 0.3 is 0 Å². The molecule has 0 aliphatic carbocycles. The van der Waals surface area contributed by atoms with Crippen molar-refractivity contribution in [1.29, 1.82) is 0 Å². The molecule has 1 aliphatic rings. The van der Waals surface area contributed by atoms with Gasteiger partial charge in [-0.25, -0.2) is 0 Å². The van der Waals surface area contributed by atoms with Crippen LogP contribution in [0.2, 0.25) is 0 Å². The molecular formula is C21H24N2O3. The molecule has 0 spiro atoms. The van der Waals surface area contributed by atoms with Gasteiger partial charge in [0.05, 0.1) is 0 Å². The molecule has 0 atom stereocenters. The summed E-state index contributed by atoms with van der Waals surface area (Å²) in [6, 6.07) is 14.9. The van der Waals surface area contributed by atoms with E-state index in [4.69, 9.17) is 4.74 Å². The number of rotatable bonds is 6. The molecule has 2 amide bonds. The number of methoxy groups -OCH3 is 1. The Labute approximate surface area is 154 Å². The minimum absolute atomic E-state index is 0.0239. The molecule has 0 bridgehead atoms. The number of carbonyl (C=O) groups is 2. The highest BCUT2D eigenvalue weighted by atomic mass is 16.5. The van der Waals surface area contributed by atoms with Crippen molar-refractivity contribution in [1.82, 2.24) is 5.32 Å². The van der Waals surface area contributed by atoms with Gasteiger partial charge in [-0.05, 0) is 55.2 Å². The van der Waals surface area contributed by atoms with Crippen molar-refractivity contribution >= 4 is 17.5 Å². The van der Waals surface area contributed by atoms with E-state index in [0.717, 1.165) is 31.5 Å². The summed E-state index contributed by atoms with van der Waals surface area (Å²) in [7, 11) is 1.64. The van der Waals surface area contributed by atoms with E-state index in [1.165, 1.54) is 5.56 Å². The van der Waals surface area contributed by atoms with Crippen LogP contribution < -0.4 is 10.2 Å². The molecule has 0 saturated carbocycles. The second-order valence-corrected chi connectivity index (χ2v) is 6.37. The standard InChI is InChI=1S/C21H24N2O3/c1-26-15-5-13-22-20(24)17-9-11-18(12-10-17)21(25)23-14-4-7-16-6-2-3-8-19(16)23/h2-3,6,8-12H,4-5,7,13-15H2,1H3,(H,22,24). The first-order valence-electron chi connectivity index (χ1n) is 8.97. The zero-order valence-electron chi connectivity index (χ0n) is 15.0. The highest BCUT2D eigenvalue weighted by molar-refractivity contribution is 6.07. The van der Waals surface area contributed by atoms with Crippen LogP contribution >= 0.6 is 0 Å². The number of benzene rings is 2. The summed E-state index contributed by atoms with van der Waals surface area (Å²) in [4.78, 5) is 26.8. The van der Waals surface area contributed by atoms with Crippen molar-refractivity contribution in [3.8, 4) is 0 Å². The molecule has 1 aliphatic heterocycles. The number of para-hydroxylation sites is 1. The van der Waals surface area contributed by atoms with Crippen molar-refractivity contribution in [3.05, 3.63) is 65.2 Å². The number of ether oxygens (including phenoxy) is 1. The van der Waals surface area contributed by atoms with Gasteiger partial charge in [-0.2, -0.15) is 0 Å². The predicted molar refractivity (Wildman–Crippen MR) is 102 cm³/mol. The Kier molecular flexibility index (Phi) is 6.02. The van der Waals surface area contributed by atoms with Crippen LogP contribution in [0.15, 0.2) is 48.5 Å². The fourth-order valence-electron chi connectivity index (χ4n) is 3.19. The number of amides is 2. The molecule has 0 fully saturated rings. The molecule has 3 rings (SSSR count). The monoisotopic (exact) mass is 352 g/mol. The van der Waals surface area contributed by atoms with Crippen molar-refractivity contribution in [3.63, 3.8) is 0 Å². The van der Waals surface area contributed by atoms with E-state index in [0.29, 0.717) is 24.3 Å². The number of aryl methyl sites for hydroxylation is 1. The van der Waals surface area contributed by atoms with Crippen molar-refractivity contribution in [2.24, 2.45) is 0 Å². The van der Waals surface area contributed by atoms with Gasteiger partial charge in [0.15, 0.2) is 0 Å². The van der Waals surface area contributed by atoms with Crippen molar-refractivity contribution in [2.45, 2.75) is 19.3 Å². The first-order chi connectivity index (χ1) is 12.7. The van der Waals surface area contributed by atoms with E-state index in [-0.39, 0.29) is 11.8 Å². The lowest BCUT2D eigenvalue weighted by Crippen LogP contribution is -2.35. The Hall–Kier alpha value is -2.66. The van der Waals surface area contributed by atoms with Crippen molar-refractivity contribution < 1.29 is 14.3 Å². The fourth-order valence-corrected chi connectivity index (χ4v) is 3.19. The van der Waals surface area contributed by atoms with Crippen LogP contribution in [-0.2, 0) is 11.2 Å². The molecule has 2 aromatic carbocycles. The van der Waals surface area contributed by atoms with Crippen LogP contribution in [0.25, 0.3) is 0 Å². The summed E-state index contributed by atoms with van der Waals surface area (Å²) in [6.45, 7) is 1.90. The van der Waals surface area contributed by atoms with Gasteiger partial charge in [0, 0.05) is 43.6 Å². The van der Waals surface area contributed by atoms with Crippen LogP contribution in [0.4, 0.5) is 5.69 Å². The zero-order valence-corrected chi connectivity index (χ0v) is 15.0. The number of carbonyl (C=O) groups excluding carboxylic acids is 2. The molecule has 0 saturated heterocycles. The normalized spacial score (nSPS) is 13.2. The molecule has 136 valence electrons. The van der Waals surface area contributed by atoms with E-state index in [1.54, 1.807) is 31.4 Å². The second-order valence-electron chi connectivity index (χ2n) is 6.37. The van der Waals surface area contributed by atoms with Gasteiger partial charge < -0.3 is 15.0 Å². The number of anilines is 1. The molecule has 1 N–H and O–H groups in total. The zero-order chi connectivity index (χ0) is 18.4. The maximum Gasteiger partial charge on any atom is 0.258 e. The first-order valence-corrected chi connectivity index (χ1v) is 8.97. The molecule has 1 heterocycles. The third kappa shape index (κ3) is 4.11. The molecule has 5 nitrogen and oxygen atoms in total. The first kappa shape index (κ1) is 18.1. The van der Waals surface area contributed by atoms with Crippen LogP contribution in [0, 0.1) is 0 Å². The van der Waals surface area contributed by atoms with E-state index in [2.05, 4.69) is 11.4 Å². The summed E-state index contributed by atoms with van der Waals surface area (Å²) in [5, 5.41) is 2.84. The summed E-state index contributed by atoms with van der Waals surface area (Å²) < 4.78 is 4.96. The second kappa shape index (κ2) is 8.63. The minimum atomic E-state index is -0.136. The van der Waals surface area contributed by atoms with Gasteiger partial charge in [0.1, 0.15) is 0 Å². The van der Waals surface area contributed by atoms with Crippen LogP contribution in [0.1, 0.15) is 39.1 Å². The number of nitrogens with one attached hydrogen (secondary N) is 1. The maximum absolute atomic E-state index is 12.9. The predicted octanol–water partition coefficient (Wildman–Crippen LogP) is 3.05. The highest BCUT2D eigenvalue weighted by Crippen LogP contribution is 2.28. The summed E-state index contributed by atoms with van der Waals surface area (Å²) in [6.07, 6.45) is 2.74. The summed E-state index contributed by atoms with van der Waals surface area (Å²) >= 11 is 0. The van der Waals surface area contributed by atoms with Crippen molar-refractivity contribution in [2.75, 3.05) is 31.7 Å². The van der Waals surface area contributed by atoms with Gasteiger partial charge in [-0.15, -0.1) is 0 Å². The topological polar surface area (TPSA) is 58.6 Å². The maximum atomic E-state index is 12.9. The lowest BCUT2D eigenvalue weighted by Gasteiger charge is -2.29. The van der Waals surface area contributed by atoms with Crippen LogP contribution in [-0.4, -0.2) is 38.6 Å². The lowest BCUT2D eigenvalue weighted by atomic mass is 10.0. The van der Waals surface area contributed by atoms with E-state index in [9.17, 15) is 9.59 Å². The van der Waals surface area contributed by atoms with Crippen LogP contribution in [0.3, 0.4) is 0 Å².